The molecule has 6 aromatic carbocycles. The number of nitrogens with zero attached hydrogens (tertiary/aromatic N) is 4. The molecule has 9 rings (SSSR count). The van der Waals surface area contributed by atoms with E-state index in [2.05, 4.69) is 108 Å². The van der Waals surface area contributed by atoms with Crippen LogP contribution in [0.4, 0.5) is 0 Å². The molecule has 3 heterocycles. The van der Waals surface area contributed by atoms with Crippen molar-refractivity contribution in [3.63, 3.8) is 0 Å². The predicted molar refractivity (Wildman–Crippen MR) is 178 cm³/mol. The summed E-state index contributed by atoms with van der Waals surface area (Å²) < 4.78 is 8.57. The smallest absolute Gasteiger partial charge is 0.238 e. The number of para-hydroxylation sites is 2. The van der Waals surface area contributed by atoms with Gasteiger partial charge in [-0.25, -0.2) is 4.98 Å². The highest BCUT2D eigenvalue weighted by Crippen LogP contribution is 2.35. The molecule has 0 aliphatic rings. The summed E-state index contributed by atoms with van der Waals surface area (Å²) in [4.78, 5) is 15.1. The van der Waals surface area contributed by atoms with Crippen molar-refractivity contribution in [3.8, 4) is 39.9 Å². The van der Waals surface area contributed by atoms with E-state index >= 15 is 0 Å². The van der Waals surface area contributed by atoms with Crippen LogP contribution < -0.4 is 0 Å². The Morgan fingerprint density at radius 3 is 1.52 bits per heavy atom. The highest BCUT2D eigenvalue weighted by atomic mass is 16.3. The summed E-state index contributed by atoms with van der Waals surface area (Å²) in [6.45, 7) is 0. The van der Waals surface area contributed by atoms with Crippen molar-refractivity contribution in [2.24, 2.45) is 0 Å². The standard InChI is InChI=1S/C39H24N4O/c1-3-11-25(12-4-1)27-19-21-31-32-22-20-28(24-36(32)44-35(31)23-27)38-40-37(26-13-5-2-6-14-26)41-39(42-38)43-33-17-9-7-15-29(33)30-16-8-10-18-34(30)43/h1-24H. The fourth-order valence-electron chi connectivity index (χ4n) is 6.17. The van der Waals surface area contributed by atoms with Crippen molar-refractivity contribution in [1.82, 2.24) is 19.5 Å². The highest BCUT2D eigenvalue weighted by molar-refractivity contribution is 6.09. The second kappa shape index (κ2) is 9.75. The second-order valence-corrected chi connectivity index (χ2v) is 10.9. The maximum Gasteiger partial charge on any atom is 0.238 e. The van der Waals surface area contributed by atoms with Gasteiger partial charge >= 0.3 is 0 Å². The molecule has 44 heavy (non-hydrogen) atoms. The Kier molecular flexibility index (Phi) is 5.43. The van der Waals surface area contributed by atoms with E-state index < -0.39 is 0 Å². The Balaban J connectivity index is 1.25. The topological polar surface area (TPSA) is 56.7 Å². The molecular weight excluding hydrogens is 540 g/mol. The molecule has 0 saturated carbocycles. The third kappa shape index (κ3) is 3.91. The quantitative estimate of drug-likeness (QED) is 0.213. The zero-order valence-corrected chi connectivity index (χ0v) is 23.6. The van der Waals surface area contributed by atoms with E-state index in [-0.39, 0.29) is 0 Å². The molecule has 9 aromatic rings. The van der Waals surface area contributed by atoms with Crippen molar-refractivity contribution < 1.29 is 4.42 Å². The number of furan rings is 1. The van der Waals surface area contributed by atoms with E-state index in [0.29, 0.717) is 17.6 Å². The lowest BCUT2D eigenvalue weighted by Gasteiger charge is -2.10. The first kappa shape index (κ1) is 24.5. The van der Waals surface area contributed by atoms with E-state index in [1.807, 2.05) is 42.5 Å². The second-order valence-electron chi connectivity index (χ2n) is 10.9. The molecule has 0 aliphatic heterocycles. The molecule has 0 atom stereocenters. The molecule has 0 unspecified atom stereocenters. The first-order valence-corrected chi connectivity index (χ1v) is 14.6. The molecule has 0 spiro atoms. The van der Waals surface area contributed by atoms with Crippen LogP contribution in [0.1, 0.15) is 0 Å². The average Bonchev–Trinajstić information content (AvgIpc) is 3.64. The van der Waals surface area contributed by atoms with Gasteiger partial charge in [0.15, 0.2) is 11.6 Å². The highest BCUT2D eigenvalue weighted by Gasteiger charge is 2.18. The van der Waals surface area contributed by atoms with Gasteiger partial charge in [-0.2, -0.15) is 9.97 Å². The van der Waals surface area contributed by atoms with Gasteiger partial charge in [0.1, 0.15) is 11.2 Å². The van der Waals surface area contributed by atoms with Crippen LogP contribution in [0.25, 0.3) is 83.6 Å². The van der Waals surface area contributed by atoms with Crippen LogP contribution in [0.15, 0.2) is 150 Å². The molecule has 3 aromatic heterocycles. The number of hydrogen-bond acceptors (Lipinski definition) is 4. The summed E-state index contributed by atoms with van der Waals surface area (Å²) in [6.07, 6.45) is 0. The molecule has 0 N–H and O–H groups in total. The van der Waals surface area contributed by atoms with E-state index in [4.69, 9.17) is 19.4 Å². The van der Waals surface area contributed by atoms with E-state index in [1.165, 1.54) is 0 Å². The van der Waals surface area contributed by atoms with Crippen molar-refractivity contribution in [1.29, 1.82) is 0 Å². The maximum atomic E-state index is 6.43. The van der Waals surface area contributed by atoms with E-state index in [9.17, 15) is 0 Å². The number of rotatable bonds is 4. The zero-order chi connectivity index (χ0) is 29.0. The van der Waals surface area contributed by atoms with Crippen molar-refractivity contribution in [2.45, 2.75) is 0 Å². The minimum absolute atomic E-state index is 0.573. The van der Waals surface area contributed by atoms with Crippen LogP contribution in [-0.2, 0) is 0 Å². The lowest BCUT2D eigenvalue weighted by Crippen LogP contribution is -2.06. The Bertz CT molecular complexity index is 2440. The molecule has 0 amide bonds. The fraction of sp³-hybridized carbons (Fsp3) is 0. The van der Waals surface area contributed by atoms with Crippen LogP contribution in [0, 0.1) is 0 Å². The Labute approximate surface area is 252 Å². The van der Waals surface area contributed by atoms with Gasteiger partial charge in [0.2, 0.25) is 5.95 Å². The lowest BCUT2D eigenvalue weighted by molar-refractivity contribution is 0.669. The van der Waals surface area contributed by atoms with Crippen LogP contribution >= 0.6 is 0 Å². The van der Waals surface area contributed by atoms with Crippen LogP contribution in [-0.4, -0.2) is 19.5 Å². The monoisotopic (exact) mass is 564 g/mol. The largest absolute Gasteiger partial charge is 0.456 e. The molecule has 0 aliphatic carbocycles. The summed E-state index contributed by atoms with van der Waals surface area (Å²) in [5.41, 5.74) is 7.81. The van der Waals surface area contributed by atoms with Crippen molar-refractivity contribution in [2.75, 3.05) is 0 Å². The van der Waals surface area contributed by atoms with Crippen LogP contribution in [0.5, 0.6) is 0 Å². The van der Waals surface area contributed by atoms with Gasteiger partial charge in [-0.1, -0.05) is 109 Å². The van der Waals surface area contributed by atoms with E-state index in [1.54, 1.807) is 0 Å². The van der Waals surface area contributed by atoms with Gasteiger partial charge in [0, 0.05) is 32.7 Å². The minimum Gasteiger partial charge on any atom is -0.456 e. The molecule has 0 bridgehead atoms. The van der Waals surface area contributed by atoms with Crippen molar-refractivity contribution >= 4 is 43.7 Å². The predicted octanol–water partition coefficient (Wildman–Crippen LogP) is 9.87. The molecule has 5 nitrogen and oxygen atoms in total. The molecule has 0 radical (unpaired) electrons. The van der Waals surface area contributed by atoms with Gasteiger partial charge in [0.05, 0.1) is 11.0 Å². The summed E-state index contributed by atoms with van der Waals surface area (Å²) >= 11 is 0. The number of aromatic nitrogens is 4. The number of fused-ring (bicyclic) bond motifs is 6. The fourth-order valence-corrected chi connectivity index (χ4v) is 6.17. The van der Waals surface area contributed by atoms with Gasteiger partial charge in [-0.3, -0.25) is 4.57 Å². The van der Waals surface area contributed by atoms with Gasteiger partial charge < -0.3 is 4.42 Å². The average molecular weight is 565 g/mol. The number of benzene rings is 6. The van der Waals surface area contributed by atoms with Crippen LogP contribution in [0.2, 0.25) is 0 Å². The van der Waals surface area contributed by atoms with Crippen LogP contribution in [0.3, 0.4) is 0 Å². The van der Waals surface area contributed by atoms with Gasteiger partial charge in [-0.05, 0) is 47.5 Å². The van der Waals surface area contributed by atoms with Crippen molar-refractivity contribution in [3.05, 3.63) is 146 Å². The molecule has 5 heteroatoms. The lowest BCUT2D eigenvalue weighted by atomic mass is 10.0. The summed E-state index contributed by atoms with van der Waals surface area (Å²) in [7, 11) is 0. The van der Waals surface area contributed by atoms with Gasteiger partial charge in [-0.15, -0.1) is 0 Å². The minimum atomic E-state index is 0.573. The normalized spacial score (nSPS) is 11.6. The molecule has 0 fully saturated rings. The first-order chi connectivity index (χ1) is 21.8. The molecule has 206 valence electrons. The Morgan fingerprint density at radius 1 is 0.386 bits per heavy atom. The SMILES string of the molecule is c1ccc(-c2ccc3c(c2)oc2cc(-c4nc(-c5ccccc5)nc(-n5c6ccccc6c6ccccc65)n4)ccc23)cc1. The summed E-state index contributed by atoms with van der Waals surface area (Å²) in [5, 5.41) is 4.45. The third-order valence-electron chi connectivity index (χ3n) is 8.27. The number of hydrogen-bond donors (Lipinski definition) is 0. The molecular formula is C39H24N4O. The summed E-state index contributed by atoms with van der Waals surface area (Å²) in [5.74, 6) is 1.77. The molecule has 0 saturated heterocycles. The Morgan fingerprint density at radius 2 is 0.886 bits per heavy atom. The first-order valence-electron chi connectivity index (χ1n) is 14.6. The zero-order valence-electron chi connectivity index (χ0n) is 23.6. The maximum absolute atomic E-state index is 6.43. The van der Waals surface area contributed by atoms with Gasteiger partial charge in [0.25, 0.3) is 0 Å². The third-order valence-corrected chi connectivity index (χ3v) is 8.27. The summed E-state index contributed by atoms with van der Waals surface area (Å²) in [6, 6.07) is 49.8. The van der Waals surface area contributed by atoms with E-state index in [0.717, 1.165) is 66.0 Å². The Hall–Kier alpha value is -6.07.